The van der Waals surface area contributed by atoms with E-state index < -0.39 is 0 Å². The SMILES string of the molecule is O=C(OCc1ccccc1)N1CCC2C[C@@H]1c1ccc(-c3cccc(F)c3)cc12. The van der Waals surface area contributed by atoms with Gasteiger partial charge in [0.15, 0.2) is 0 Å². The maximum atomic E-state index is 13.6. The molecular formula is C25H22FNO2. The second kappa shape index (κ2) is 7.36. The first-order valence-electron chi connectivity index (χ1n) is 10.1. The second-order valence-electron chi connectivity index (χ2n) is 7.82. The summed E-state index contributed by atoms with van der Waals surface area (Å²) in [7, 11) is 0. The van der Waals surface area contributed by atoms with E-state index in [1.165, 1.54) is 17.2 Å². The number of carbonyl (C=O) groups excluding carboxylic acids is 1. The number of carbonyl (C=O) groups is 1. The van der Waals surface area contributed by atoms with E-state index in [0.29, 0.717) is 12.5 Å². The fraction of sp³-hybridized carbons (Fsp3) is 0.240. The molecule has 2 atom stereocenters. The fourth-order valence-electron chi connectivity index (χ4n) is 4.64. The number of ether oxygens (including phenoxy) is 1. The van der Waals surface area contributed by atoms with E-state index in [1.54, 1.807) is 12.1 Å². The number of piperidine rings is 1. The van der Waals surface area contributed by atoms with E-state index in [1.807, 2.05) is 47.4 Å². The van der Waals surface area contributed by atoms with Gasteiger partial charge in [-0.05, 0) is 58.7 Å². The van der Waals surface area contributed by atoms with Gasteiger partial charge < -0.3 is 9.64 Å². The predicted octanol–water partition coefficient (Wildman–Crippen LogP) is 6.06. The molecule has 3 aromatic rings. The molecule has 5 rings (SSSR count). The average molecular weight is 387 g/mol. The van der Waals surface area contributed by atoms with Crippen LogP contribution in [0.1, 0.15) is 41.5 Å². The zero-order valence-electron chi connectivity index (χ0n) is 16.1. The Morgan fingerprint density at radius 3 is 2.62 bits per heavy atom. The summed E-state index contributed by atoms with van der Waals surface area (Å²) in [5.74, 6) is 0.218. The number of hydrogen-bond acceptors (Lipinski definition) is 2. The van der Waals surface area contributed by atoms with Crippen molar-refractivity contribution in [2.45, 2.75) is 31.4 Å². The van der Waals surface area contributed by atoms with E-state index in [9.17, 15) is 9.18 Å². The monoisotopic (exact) mass is 387 g/mol. The van der Waals surface area contributed by atoms with Crippen LogP contribution in [-0.2, 0) is 11.3 Å². The topological polar surface area (TPSA) is 29.5 Å². The molecule has 1 fully saturated rings. The molecule has 1 aliphatic carbocycles. The molecule has 0 saturated carbocycles. The van der Waals surface area contributed by atoms with Crippen LogP contribution in [0.5, 0.6) is 0 Å². The lowest BCUT2D eigenvalue weighted by molar-refractivity contribution is 0.0694. The number of benzene rings is 3. The van der Waals surface area contributed by atoms with Gasteiger partial charge in [-0.15, -0.1) is 0 Å². The minimum Gasteiger partial charge on any atom is -0.445 e. The van der Waals surface area contributed by atoms with Crippen LogP contribution >= 0.6 is 0 Å². The molecule has 0 aromatic heterocycles. The van der Waals surface area contributed by atoms with Gasteiger partial charge in [-0.2, -0.15) is 0 Å². The summed E-state index contributed by atoms with van der Waals surface area (Å²) >= 11 is 0. The van der Waals surface area contributed by atoms with Crippen LogP contribution in [0, 0.1) is 5.82 Å². The average Bonchev–Trinajstić information content (AvgIpc) is 3.04. The van der Waals surface area contributed by atoms with E-state index in [2.05, 4.69) is 12.1 Å². The smallest absolute Gasteiger partial charge is 0.410 e. The van der Waals surface area contributed by atoms with Crippen LogP contribution in [0.25, 0.3) is 11.1 Å². The van der Waals surface area contributed by atoms with Gasteiger partial charge in [0.2, 0.25) is 0 Å². The van der Waals surface area contributed by atoms with E-state index in [4.69, 9.17) is 4.74 Å². The number of amides is 1. The highest BCUT2D eigenvalue weighted by molar-refractivity contribution is 5.71. The summed E-state index contributed by atoms with van der Waals surface area (Å²) < 4.78 is 19.2. The minimum absolute atomic E-state index is 0.0635. The molecule has 2 aliphatic rings. The van der Waals surface area contributed by atoms with Gasteiger partial charge in [-0.3, -0.25) is 0 Å². The van der Waals surface area contributed by atoms with E-state index in [-0.39, 0.29) is 24.6 Å². The molecule has 1 heterocycles. The van der Waals surface area contributed by atoms with Crippen LogP contribution in [0.2, 0.25) is 0 Å². The Labute approximate surface area is 169 Å². The molecule has 1 aliphatic heterocycles. The fourth-order valence-corrected chi connectivity index (χ4v) is 4.64. The van der Waals surface area contributed by atoms with Gasteiger partial charge in [-0.25, -0.2) is 9.18 Å². The van der Waals surface area contributed by atoms with Gasteiger partial charge in [0.25, 0.3) is 0 Å². The molecular weight excluding hydrogens is 365 g/mol. The Balaban J connectivity index is 1.36. The quantitative estimate of drug-likeness (QED) is 0.546. The molecule has 1 unspecified atom stereocenters. The number of nitrogens with zero attached hydrogens (tertiary/aromatic N) is 1. The molecule has 1 amide bonds. The van der Waals surface area contributed by atoms with Crippen molar-refractivity contribution < 1.29 is 13.9 Å². The van der Waals surface area contributed by atoms with Crippen molar-refractivity contribution in [3.63, 3.8) is 0 Å². The standard InChI is InChI=1S/C25H22FNO2/c26-21-8-4-7-18(13-21)19-9-10-22-23(14-19)20-11-12-27(24(22)15-20)25(28)29-16-17-5-2-1-3-6-17/h1-10,13-14,20,24H,11-12,15-16H2/t20?,24-/m1/s1. The minimum atomic E-state index is -0.251. The first-order chi connectivity index (χ1) is 14.2. The third-order valence-corrected chi connectivity index (χ3v) is 6.09. The van der Waals surface area contributed by atoms with Crippen molar-refractivity contribution in [3.05, 3.63) is 95.3 Å². The number of rotatable bonds is 3. The molecule has 29 heavy (non-hydrogen) atoms. The van der Waals surface area contributed by atoms with E-state index in [0.717, 1.165) is 29.5 Å². The maximum absolute atomic E-state index is 13.6. The Hall–Kier alpha value is -3.14. The molecule has 146 valence electrons. The van der Waals surface area contributed by atoms with Crippen molar-refractivity contribution >= 4 is 6.09 Å². The lowest BCUT2D eigenvalue weighted by Gasteiger charge is -2.32. The van der Waals surface area contributed by atoms with Crippen molar-refractivity contribution in [2.24, 2.45) is 0 Å². The Morgan fingerprint density at radius 2 is 1.79 bits per heavy atom. The summed E-state index contributed by atoms with van der Waals surface area (Å²) in [6.45, 7) is 0.991. The van der Waals surface area contributed by atoms with Gasteiger partial charge in [0, 0.05) is 6.54 Å². The molecule has 0 spiro atoms. The van der Waals surface area contributed by atoms with Gasteiger partial charge in [0.05, 0.1) is 6.04 Å². The molecule has 3 aromatic carbocycles. The zero-order chi connectivity index (χ0) is 19.8. The zero-order valence-corrected chi connectivity index (χ0v) is 16.1. The number of halogens is 1. The second-order valence-corrected chi connectivity index (χ2v) is 7.82. The first kappa shape index (κ1) is 17.9. The van der Waals surface area contributed by atoms with Crippen LogP contribution < -0.4 is 0 Å². The first-order valence-corrected chi connectivity index (χ1v) is 10.1. The molecule has 1 saturated heterocycles. The Morgan fingerprint density at radius 1 is 0.966 bits per heavy atom. The third kappa shape index (κ3) is 3.39. The summed E-state index contributed by atoms with van der Waals surface area (Å²) in [5, 5.41) is 0. The molecule has 0 radical (unpaired) electrons. The van der Waals surface area contributed by atoms with E-state index >= 15 is 0 Å². The third-order valence-electron chi connectivity index (χ3n) is 6.09. The number of hydrogen-bond donors (Lipinski definition) is 0. The summed E-state index contributed by atoms with van der Waals surface area (Å²) in [6, 6.07) is 22.8. The maximum Gasteiger partial charge on any atom is 0.410 e. The van der Waals surface area contributed by atoms with Crippen LogP contribution in [0.15, 0.2) is 72.8 Å². The number of fused-ring (bicyclic) bond motifs is 5. The summed E-state index contributed by atoms with van der Waals surface area (Å²) in [4.78, 5) is 14.6. The summed E-state index contributed by atoms with van der Waals surface area (Å²) in [6.07, 6.45) is 1.61. The number of likely N-dealkylation sites (tertiary alicyclic amines) is 1. The van der Waals surface area contributed by atoms with Crippen LogP contribution in [0.3, 0.4) is 0 Å². The van der Waals surface area contributed by atoms with Crippen molar-refractivity contribution in [1.29, 1.82) is 0 Å². The Kier molecular flexibility index (Phi) is 4.55. The Bertz CT molecular complexity index is 1050. The van der Waals surface area contributed by atoms with Gasteiger partial charge in [-0.1, -0.05) is 60.7 Å². The molecule has 3 nitrogen and oxygen atoms in total. The van der Waals surface area contributed by atoms with Crippen molar-refractivity contribution in [1.82, 2.24) is 4.90 Å². The van der Waals surface area contributed by atoms with Crippen LogP contribution in [0.4, 0.5) is 9.18 Å². The highest BCUT2D eigenvalue weighted by atomic mass is 19.1. The van der Waals surface area contributed by atoms with Crippen LogP contribution in [-0.4, -0.2) is 17.5 Å². The highest BCUT2D eigenvalue weighted by Gasteiger charge is 2.41. The summed E-state index contributed by atoms with van der Waals surface area (Å²) in [5.41, 5.74) is 5.38. The van der Waals surface area contributed by atoms with Gasteiger partial charge >= 0.3 is 6.09 Å². The lowest BCUT2D eigenvalue weighted by atomic mass is 9.93. The molecule has 2 bridgehead atoms. The van der Waals surface area contributed by atoms with Gasteiger partial charge in [0.1, 0.15) is 12.4 Å². The normalized spacial score (nSPS) is 19.7. The predicted molar refractivity (Wildman–Crippen MR) is 110 cm³/mol. The van der Waals surface area contributed by atoms with Crippen molar-refractivity contribution in [2.75, 3.05) is 6.54 Å². The molecule has 4 heteroatoms. The lowest BCUT2D eigenvalue weighted by Crippen LogP contribution is -2.37. The molecule has 0 N–H and O–H groups in total. The largest absolute Gasteiger partial charge is 0.445 e. The highest BCUT2D eigenvalue weighted by Crippen LogP contribution is 2.50. The van der Waals surface area contributed by atoms with Crippen molar-refractivity contribution in [3.8, 4) is 11.1 Å².